The SMILES string of the molecule is CCOC(=O)NS(=O)(=O)Nc1ccccc1C(=O)O. The molecule has 0 heterocycles. The maximum atomic E-state index is 11.5. The third-order valence-corrected chi connectivity index (χ3v) is 2.82. The highest BCUT2D eigenvalue weighted by molar-refractivity contribution is 7.91. The Labute approximate surface area is 109 Å². The number of hydrogen-bond donors (Lipinski definition) is 3. The first kappa shape index (κ1) is 14.8. The molecule has 0 bridgehead atoms. The minimum absolute atomic E-state index is 0.00701. The van der Waals surface area contributed by atoms with Crippen molar-refractivity contribution in [2.24, 2.45) is 0 Å². The number of carboxylic acids is 1. The molecule has 104 valence electrons. The molecule has 0 aliphatic carbocycles. The van der Waals surface area contributed by atoms with E-state index < -0.39 is 22.3 Å². The molecule has 0 fully saturated rings. The van der Waals surface area contributed by atoms with Gasteiger partial charge in [0.25, 0.3) is 0 Å². The number of para-hydroxylation sites is 1. The number of amides is 1. The van der Waals surface area contributed by atoms with Crippen LogP contribution >= 0.6 is 0 Å². The molecule has 0 saturated carbocycles. The molecule has 3 N–H and O–H groups in total. The van der Waals surface area contributed by atoms with Gasteiger partial charge in [-0.3, -0.25) is 4.72 Å². The van der Waals surface area contributed by atoms with Gasteiger partial charge in [0.2, 0.25) is 0 Å². The zero-order valence-electron chi connectivity index (χ0n) is 9.91. The fourth-order valence-electron chi connectivity index (χ4n) is 1.20. The van der Waals surface area contributed by atoms with Crippen LogP contribution < -0.4 is 9.44 Å². The number of anilines is 1. The molecule has 1 aromatic rings. The second kappa shape index (κ2) is 6.05. The molecule has 0 unspecified atom stereocenters. The van der Waals surface area contributed by atoms with E-state index in [9.17, 15) is 18.0 Å². The standard InChI is InChI=1S/C10H12N2O6S/c1-2-18-10(15)12-19(16,17)11-8-6-4-3-5-7(8)9(13)14/h3-6,11H,2H2,1H3,(H,12,15)(H,13,14). The van der Waals surface area contributed by atoms with Gasteiger partial charge in [0.15, 0.2) is 0 Å². The fourth-order valence-corrected chi connectivity index (χ4v) is 2.00. The molecule has 0 aliphatic rings. The van der Waals surface area contributed by atoms with Crippen molar-refractivity contribution in [1.29, 1.82) is 0 Å². The molecule has 19 heavy (non-hydrogen) atoms. The number of carboxylic acid groups (broad SMARTS) is 1. The first-order valence-electron chi connectivity index (χ1n) is 5.15. The molecule has 9 heteroatoms. The molecule has 1 rings (SSSR count). The molecular formula is C10H12N2O6S. The lowest BCUT2D eigenvalue weighted by Crippen LogP contribution is -2.36. The minimum Gasteiger partial charge on any atom is -0.478 e. The van der Waals surface area contributed by atoms with Crippen molar-refractivity contribution < 1.29 is 27.9 Å². The summed E-state index contributed by atoms with van der Waals surface area (Å²) in [5, 5.41) is 8.88. The Balaban J connectivity index is 2.90. The second-order valence-corrected chi connectivity index (χ2v) is 4.69. The number of ether oxygens (including phenoxy) is 1. The quantitative estimate of drug-likeness (QED) is 0.736. The predicted molar refractivity (Wildman–Crippen MR) is 66.1 cm³/mol. The number of benzene rings is 1. The van der Waals surface area contributed by atoms with Crippen molar-refractivity contribution in [2.45, 2.75) is 6.92 Å². The van der Waals surface area contributed by atoms with Crippen LogP contribution in [0.3, 0.4) is 0 Å². The Hall–Kier alpha value is -2.29. The number of carbonyl (C=O) groups is 2. The van der Waals surface area contributed by atoms with Gasteiger partial charge in [0, 0.05) is 0 Å². The molecule has 8 nitrogen and oxygen atoms in total. The summed E-state index contributed by atoms with van der Waals surface area (Å²) >= 11 is 0. The second-order valence-electron chi connectivity index (χ2n) is 3.28. The van der Waals surface area contributed by atoms with Crippen molar-refractivity contribution in [3.63, 3.8) is 0 Å². The molecule has 0 saturated heterocycles. The van der Waals surface area contributed by atoms with Gasteiger partial charge in [-0.05, 0) is 19.1 Å². The number of nitrogens with one attached hydrogen (secondary N) is 2. The first-order valence-corrected chi connectivity index (χ1v) is 6.63. The Morgan fingerprint density at radius 3 is 2.53 bits per heavy atom. The summed E-state index contributed by atoms with van der Waals surface area (Å²) in [4.78, 5) is 21.9. The zero-order chi connectivity index (χ0) is 14.5. The molecule has 0 aliphatic heterocycles. The van der Waals surface area contributed by atoms with Crippen molar-refractivity contribution >= 4 is 28.0 Å². The topological polar surface area (TPSA) is 122 Å². The summed E-state index contributed by atoms with van der Waals surface area (Å²) in [7, 11) is -4.25. The normalized spacial score (nSPS) is 10.6. The lowest BCUT2D eigenvalue weighted by molar-refractivity contribution is 0.0698. The molecule has 0 aromatic heterocycles. The summed E-state index contributed by atoms with van der Waals surface area (Å²) in [6.45, 7) is 1.52. The predicted octanol–water partition coefficient (Wildman–Crippen LogP) is 0.788. The Morgan fingerprint density at radius 1 is 1.32 bits per heavy atom. The van der Waals surface area contributed by atoms with Crippen molar-refractivity contribution in [2.75, 3.05) is 11.3 Å². The van der Waals surface area contributed by atoms with Crippen LogP contribution in [0.2, 0.25) is 0 Å². The van der Waals surface area contributed by atoms with E-state index in [1.165, 1.54) is 31.2 Å². The Morgan fingerprint density at radius 2 is 1.95 bits per heavy atom. The van der Waals surface area contributed by atoms with Gasteiger partial charge >= 0.3 is 22.3 Å². The lowest BCUT2D eigenvalue weighted by Gasteiger charge is -2.10. The summed E-state index contributed by atoms with van der Waals surface area (Å²) < 4.78 is 31.0. The highest BCUT2D eigenvalue weighted by Crippen LogP contribution is 2.15. The monoisotopic (exact) mass is 288 g/mol. The van der Waals surface area contributed by atoms with Gasteiger partial charge in [0.05, 0.1) is 17.9 Å². The molecule has 1 aromatic carbocycles. The third kappa shape index (κ3) is 4.47. The Kier molecular flexibility index (Phi) is 4.70. The number of aromatic carboxylic acids is 1. The van der Waals surface area contributed by atoms with E-state index in [4.69, 9.17) is 5.11 Å². The third-order valence-electron chi connectivity index (χ3n) is 1.89. The van der Waals surface area contributed by atoms with Gasteiger partial charge < -0.3 is 9.84 Å². The summed E-state index contributed by atoms with van der Waals surface area (Å²) in [6, 6.07) is 5.38. The smallest absolute Gasteiger partial charge is 0.422 e. The molecule has 0 spiro atoms. The van der Waals surface area contributed by atoms with E-state index in [0.717, 1.165) is 0 Å². The largest absolute Gasteiger partial charge is 0.478 e. The van der Waals surface area contributed by atoms with Crippen LogP contribution in [-0.2, 0) is 14.9 Å². The van der Waals surface area contributed by atoms with Crippen LogP contribution in [0.1, 0.15) is 17.3 Å². The van der Waals surface area contributed by atoms with E-state index in [1.807, 2.05) is 4.72 Å². The first-order chi connectivity index (χ1) is 8.85. The number of carbonyl (C=O) groups excluding carboxylic acids is 1. The maximum absolute atomic E-state index is 11.5. The minimum atomic E-state index is -4.25. The summed E-state index contributed by atoms with van der Waals surface area (Å²) in [5.41, 5.74) is -0.400. The highest BCUT2D eigenvalue weighted by atomic mass is 32.2. The zero-order valence-corrected chi connectivity index (χ0v) is 10.7. The van der Waals surface area contributed by atoms with Crippen molar-refractivity contribution in [1.82, 2.24) is 4.72 Å². The van der Waals surface area contributed by atoms with E-state index in [0.29, 0.717) is 0 Å². The van der Waals surface area contributed by atoms with Gasteiger partial charge in [0.1, 0.15) is 0 Å². The van der Waals surface area contributed by atoms with E-state index in [2.05, 4.69) is 4.74 Å². The lowest BCUT2D eigenvalue weighted by atomic mass is 10.2. The molecular weight excluding hydrogens is 276 g/mol. The van der Waals surface area contributed by atoms with Crippen LogP contribution in [0.4, 0.5) is 10.5 Å². The highest BCUT2D eigenvalue weighted by Gasteiger charge is 2.18. The van der Waals surface area contributed by atoms with Crippen LogP contribution in [0, 0.1) is 0 Å². The van der Waals surface area contributed by atoms with E-state index in [1.54, 1.807) is 4.72 Å². The van der Waals surface area contributed by atoms with Crippen LogP contribution in [0.15, 0.2) is 24.3 Å². The van der Waals surface area contributed by atoms with Crippen molar-refractivity contribution in [3.8, 4) is 0 Å². The Bertz CT molecular complexity index is 583. The van der Waals surface area contributed by atoms with Gasteiger partial charge in [-0.1, -0.05) is 12.1 Å². The van der Waals surface area contributed by atoms with Gasteiger partial charge in [-0.25, -0.2) is 14.3 Å². The maximum Gasteiger partial charge on any atom is 0.422 e. The van der Waals surface area contributed by atoms with Crippen LogP contribution in [-0.4, -0.2) is 32.2 Å². The average Bonchev–Trinajstić information content (AvgIpc) is 2.28. The van der Waals surface area contributed by atoms with Gasteiger partial charge in [-0.2, -0.15) is 8.42 Å². The summed E-state index contributed by atoms with van der Waals surface area (Å²) in [6.07, 6.45) is -1.15. The molecule has 1 amide bonds. The number of rotatable bonds is 5. The van der Waals surface area contributed by atoms with Crippen LogP contribution in [0.25, 0.3) is 0 Å². The van der Waals surface area contributed by atoms with Crippen molar-refractivity contribution in [3.05, 3.63) is 29.8 Å². The average molecular weight is 288 g/mol. The molecule has 0 atom stereocenters. The number of hydrogen-bond acceptors (Lipinski definition) is 5. The summed E-state index contributed by atoms with van der Waals surface area (Å²) in [5.74, 6) is -1.30. The van der Waals surface area contributed by atoms with Gasteiger partial charge in [-0.15, -0.1) is 0 Å². The fraction of sp³-hybridized carbons (Fsp3) is 0.200. The van der Waals surface area contributed by atoms with E-state index in [-0.39, 0.29) is 17.9 Å². The van der Waals surface area contributed by atoms with E-state index >= 15 is 0 Å². The molecule has 0 radical (unpaired) electrons. The van der Waals surface area contributed by atoms with Crippen LogP contribution in [0.5, 0.6) is 0 Å².